The predicted molar refractivity (Wildman–Crippen MR) is 64.3 cm³/mol. The minimum Gasteiger partial charge on any atom is -0.487 e. The fraction of sp³-hybridized carbons (Fsp3) is 0.500. The number of anilines is 1. The summed E-state index contributed by atoms with van der Waals surface area (Å²) < 4.78 is 5.72. The van der Waals surface area contributed by atoms with Crippen LogP contribution >= 0.6 is 0 Å². The van der Waals surface area contributed by atoms with E-state index in [9.17, 15) is 4.79 Å². The molecule has 4 nitrogen and oxygen atoms in total. The van der Waals surface area contributed by atoms with Gasteiger partial charge in [0.1, 0.15) is 17.2 Å². The first kappa shape index (κ1) is 12.5. The Morgan fingerprint density at radius 1 is 1.38 bits per heavy atom. The molecule has 0 bridgehead atoms. The van der Waals surface area contributed by atoms with Crippen molar-refractivity contribution in [3.05, 3.63) is 17.8 Å². The summed E-state index contributed by atoms with van der Waals surface area (Å²) in [4.78, 5) is 17.0. The van der Waals surface area contributed by atoms with E-state index < -0.39 is 0 Å². The van der Waals surface area contributed by atoms with Crippen molar-refractivity contribution in [2.45, 2.75) is 26.4 Å². The van der Waals surface area contributed by atoms with Gasteiger partial charge in [-0.05, 0) is 26.8 Å². The van der Waals surface area contributed by atoms with Gasteiger partial charge >= 0.3 is 0 Å². The van der Waals surface area contributed by atoms with E-state index in [-0.39, 0.29) is 5.60 Å². The Kier molecular flexibility index (Phi) is 3.52. The van der Waals surface area contributed by atoms with Crippen LogP contribution in [0.5, 0.6) is 5.75 Å². The van der Waals surface area contributed by atoms with Crippen LogP contribution in [0.4, 0.5) is 5.82 Å². The van der Waals surface area contributed by atoms with Crippen LogP contribution in [-0.2, 0) is 0 Å². The summed E-state index contributed by atoms with van der Waals surface area (Å²) in [7, 11) is 3.69. The molecule has 0 saturated carbocycles. The molecule has 0 aliphatic carbocycles. The average Bonchev–Trinajstić information content (AvgIpc) is 2.14. The SMILES string of the molecule is CN(C)c1nccc(OC(C)(C)C)c1C=O. The van der Waals surface area contributed by atoms with Gasteiger partial charge in [-0.3, -0.25) is 4.79 Å². The van der Waals surface area contributed by atoms with Crippen molar-refractivity contribution in [3.8, 4) is 5.75 Å². The standard InChI is InChI=1S/C12H18N2O2/c1-12(2,3)16-10-6-7-13-11(14(4)5)9(10)8-15/h6-8H,1-5H3. The fourth-order valence-electron chi connectivity index (χ4n) is 1.33. The minimum absolute atomic E-state index is 0.331. The summed E-state index contributed by atoms with van der Waals surface area (Å²) in [5.41, 5.74) is 0.158. The van der Waals surface area contributed by atoms with E-state index in [4.69, 9.17) is 4.74 Å². The van der Waals surface area contributed by atoms with Gasteiger partial charge in [-0.2, -0.15) is 0 Å². The quantitative estimate of drug-likeness (QED) is 0.735. The summed E-state index contributed by atoms with van der Waals surface area (Å²) >= 11 is 0. The highest BCUT2D eigenvalue weighted by atomic mass is 16.5. The van der Waals surface area contributed by atoms with Gasteiger partial charge in [0.2, 0.25) is 0 Å². The molecule has 1 rings (SSSR count). The zero-order valence-electron chi connectivity index (χ0n) is 10.4. The van der Waals surface area contributed by atoms with Gasteiger partial charge in [0.25, 0.3) is 0 Å². The molecule has 16 heavy (non-hydrogen) atoms. The second kappa shape index (κ2) is 4.51. The van der Waals surface area contributed by atoms with Crippen LogP contribution in [0.2, 0.25) is 0 Å². The fourth-order valence-corrected chi connectivity index (χ4v) is 1.33. The normalized spacial score (nSPS) is 11.1. The Hall–Kier alpha value is -1.58. The molecule has 0 unspecified atom stereocenters. The van der Waals surface area contributed by atoms with E-state index in [1.165, 1.54) is 0 Å². The van der Waals surface area contributed by atoms with Crippen LogP contribution in [0.15, 0.2) is 12.3 Å². The van der Waals surface area contributed by atoms with Crippen molar-refractivity contribution < 1.29 is 9.53 Å². The van der Waals surface area contributed by atoms with Crippen molar-refractivity contribution in [1.29, 1.82) is 0 Å². The molecule has 0 aliphatic heterocycles. The smallest absolute Gasteiger partial charge is 0.157 e. The summed E-state index contributed by atoms with van der Waals surface area (Å²) in [5.74, 6) is 1.19. The molecule has 0 radical (unpaired) electrons. The van der Waals surface area contributed by atoms with Crippen LogP contribution in [0.1, 0.15) is 31.1 Å². The molecular formula is C12H18N2O2. The maximum Gasteiger partial charge on any atom is 0.157 e. The largest absolute Gasteiger partial charge is 0.487 e. The van der Waals surface area contributed by atoms with Gasteiger partial charge in [-0.15, -0.1) is 0 Å². The molecule has 1 aromatic heterocycles. The first-order valence-electron chi connectivity index (χ1n) is 5.15. The lowest BCUT2D eigenvalue weighted by Crippen LogP contribution is -2.24. The number of aromatic nitrogens is 1. The number of ether oxygens (including phenoxy) is 1. The highest BCUT2D eigenvalue weighted by Crippen LogP contribution is 2.27. The Balaban J connectivity index is 3.19. The van der Waals surface area contributed by atoms with E-state index >= 15 is 0 Å². The monoisotopic (exact) mass is 222 g/mol. The summed E-state index contributed by atoms with van der Waals surface area (Å²) in [6.07, 6.45) is 2.42. The van der Waals surface area contributed by atoms with Gasteiger partial charge in [-0.25, -0.2) is 4.98 Å². The molecule has 0 aromatic carbocycles. The molecule has 0 amide bonds. The molecule has 0 N–H and O–H groups in total. The lowest BCUT2D eigenvalue weighted by molar-refractivity contribution is 0.109. The third-order valence-corrected chi connectivity index (χ3v) is 1.89. The van der Waals surface area contributed by atoms with Crippen molar-refractivity contribution in [2.24, 2.45) is 0 Å². The van der Waals surface area contributed by atoms with Gasteiger partial charge in [0.15, 0.2) is 6.29 Å². The minimum atomic E-state index is -0.331. The van der Waals surface area contributed by atoms with Crippen LogP contribution < -0.4 is 9.64 Å². The maximum atomic E-state index is 11.1. The zero-order valence-corrected chi connectivity index (χ0v) is 10.4. The summed E-state index contributed by atoms with van der Waals surface area (Å²) in [6, 6.07) is 1.71. The third kappa shape index (κ3) is 2.95. The Morgan fingerprint density at radius 3 is 2.44 bits per heavy atom. The number of pyridine rings is 1. The molecule has 0 aliphatic rings. The summed E-state index contributed by atoms with van der Waals surface area (Å²) in [5, 5.41) is 0. The number of carbonyl (C=O) groups excluding carboxylic acids is 1. The predicted octanol–water partition coefficient (Wildman–Crippen LogP) is 2.14. The van der Waals surface area contributed by atoms with Crippen LogP contribution in [-0.4, -0.2) is 31.0 Å². The van der Waals surface area contributed by atoms with E-state index in [1.54, 1.807) is 17.2 Å². The second-order valence-electron chi connectivity index (χ2n) is 4.77. The Labute approximate surface area is 96.2 Å². The van der Waals surface area contributed by atoms with Gasteiger partial charge in [0, 0.05) is 20.3 Å². The highest BCUT2D eigenvalue weighted by molar-refractivity contribution is 5.86. The average molecular weight is 222 g/mol. The lowest BCUT2D eigenvalue weighted by Gasteiger charge is -2.23. The van der Waals surface area contributed by atoms with E-state index in [0.717, 1.165) is 6.29 Å². The molecule has 4 heteroatoms. The van der Waals surface area contributed by atoms with Crippen LogP contribution in [0, 0.1) is 0 Å². The molecule has 88 valence electrons. The van der Waals surface area contributed by atoms with Crippen molar-refractivity contribution in [1.82, 2.24) is 4.98 Å². The number of hydrogen-bond donors (Lipinski definition) is 0. The number of rotatable bonds is 3. The van der Waals surface area contributed by atoms with Crippen molar-refractivity contribution in [2.75, 3.05) is 19.0 Å². The molecule has 0 atom stereocenters. The number of nitrogens with zero attached hydrogens (tertiary/aromatic N) is 2. The van der Waals surface area contributed by atoms with E-state index in [1.807, 2.05) is 34.9 Å². The molecule has 1 aromatic rings. The second-order valence-corrected chi connectivity index (χ2v) is 4.77. The molecule has 1 heterocycles. The molecular weight excluding hydrogens is 204 g/mol. The molecule has 0 spiro atoms. The maximum absolute atomic E-state index is 11.1. The molecule has 0 saturated heterocycles. The first-order valence-corrected chi connectivity index (χ1v) is 5.15. The Morgan fingerprint density at radius 2 is 2.00 bits per heavy atom. The van der Waals surface area contributed by atoms with Gasteiger partial charge < -0.3 is 9.64 Å². The van der Waals surface area contributed by atoms with Crippen LogP contribution in [0.25, 0.3) is 0 Å². The van der Waals surface area contributed by atoms with Crippen molar-refractivity contribution >= 4 is 12.1 Å². The van der Waals surface area contributed by atoms with E-state index in [2.05, 4.69) is 4.98 Å². The topological polar surface area (TPSA) is 42.4 Å². The highest BCUT2D eigenvalue weighted by Gasteiger charge is 2.17. The lowest BCUT2D eigenvalue weighted by atomic mass is 10.1. The Bertz CT molecular complexity index is 381. The van der Waals surface area contributed by atoms with Crippen LogP contribution in [0.3, 0.4) is 0 Å². The van der Waals surface area contributed by atoms with Crippen molar-refractivity contribution in [3.63, 3.8) is 0 Å². The van der Waals surface area contributed by atoms with Gasteiger partial charge in [0.05, 0.1) is 5.56 Å². The third-order valence-electron chi connectivity index (χ3n) is 1.89. The van der Waals surface area contributed by atoms with E-state index in [0.29, 0.717) is 17.1 Å². The van der Waals surface area contributed by atoms with Gasteiger partial charge in [-0.1, -0.05) is 0 Å². The summed E-state index contributed by atoms with van der Waals surface area (Å²) in [6.45, 7) is 5.83. The molecule has 0 fully saturated rings. The number of hydrogen-bond acceptors (Lipinski definition) is 4. The number of carbonyl (C=O) groups is 1. The first-order chi connectivity index (χ1) is 7.35. The zero-order chi connectivity index (χ0) is 12.3. The number of aldehydes is 1.